The quantitative estimate of drug-likeness (QED) is 0.627. The lowest BCUT2D eigenvalue weighted by Gasteiger charge is -2.25. The van der Waals surface area contributed by atoms with Crippen LogP contribution in [0, 0.1) is 0 Å². The van der Waals surface area contributed by atoms with Crippen LogP contribution in [0.1, 0.15) is 34.3 Å². The minimum atomic E-state index is -4.72. The van der Waals surface area contributed by atoms with Crippen molar-refractivity contribution in [1.29, 1.82) is 0 Å². The highest BCUT2D eigenvalue weighted by Gasteiger charge is 2.37. The number of rotatable bonds is 3. The van der Waals surface area contributed by atoms with E-state index in [1.165, 1.54) is 12.1 Å². The second kappa shape index (κ2) is 7.26. The second-order valence-electron chi connectivity index (χ2n) is 5.46. The van der Waals surface area contributed by atoms with Gasteiger partial charge in [0.15, 0.2) is 0 Å². The lowest BCUT2D eigenvalue weighted by Crippen LogP contribution is -2.28. The summed E-state index contributed by atoms with van der Waals surface area (Å²) in [5.41, 5.74) is 9.26. The van der Waals surface area contributed by atoms with Crippen LogP contribution in [0.4, 0.5) is 26.3 Å². The third kappa shape index (κ3) is 4.09. The van der Waals surface area contributed by atoms with Gasteiger partial charge in [-0.1, -0.05) is 47.5 Å². The van der Waals surface area contributed by atoms with E-state index in [0.717, 1.165) is 24.3 Å². The summed E-state index contributed by atoms with van der Waals surface area (Å²) in [4.78, 5) is 0. The fourth-order valence-electron chi connectivity index (χ4n) is 2.44. The molecule has 142 valence electrons. The first-order chi connectivity index (χ1) is 11.9. The average molecular weight is 417 g/mol. The fraction of sp³-hybridized carbons (Fsp3) is 0.250. The predicted molar refractivity (Wildman–Crippen MR) is 86.8 cm³/mol. The Labute approximate surface area is 154 Å². The van der Waals surface area contributed by atoms with Crippen LogP contribution in [0.25, 0.3) is 0 Å². The van der Waals surface area contributed by atoms with Gasteiger partial charge in [-0.15, -0.1) is 0 Å². The molecule has 0 saturated carbocycles. The molecule has 0 aliphatic carbocycles. The summed E-state index contributed by atoms with van der Waals surface area (Å²) in [5, 5.41) is -1.32. The van der Waals surface area contributed by atoms with E-state index >= 15 is 0 Å². The van der Waals surface area contributed by atoms with E-state index < -0.39 is 45.6 Å². The Hall–Kier alpha value is -1.48. The molecule has 0 heterocycles. The molecule has 0 aromatic heterocycles. The summed E-state index contributed by atoms with van der Waals surface area (Å²) in [6.45, 7) is 0. The molecule has 2 atom stereocenters. The Morgan fingerprint density at radius 1 is 0.654 bits per heavy atom. The monoisotopic (exact) mass is 416 g/mol. The van der Waals surface area contributed by atoms with Gasteiger partial charge in [-0.2, -0.15) is 26.3 Å². The molecule has 26 heavy (non-hydrogen) atoms. The van der Waals surface area contributed by atoms with E-state index in [4.69, 9.17) is 34.7 Å². The molecular formula is C16H12Cl2F6N2. The molecule has 2 aromatic rings. The molecule has 2 nitrogen and oxygen atoms in total. The van der Waals surface area contributed by atoms with Gasteiger partial charge in [0.2, 0.25) is 0 Å². The molecule has 0 aliphatic rings. The minimum Gasteiger partial charge on any atom is -0.322 e. The van der Waals surface area contributed by atoms with Crippen LogP contribution in [-0.2, 0) is 12.4 Å². The van der Waals surface area contributed by atoms with Crippen molar-refractivity contribution in [3.05, 3.63) is 68.7 Å². The first kappa shape index (κ1) is 20.8. The lowest BCUT2D eigenvalue weighted by atomic mass is 9.92. The maximum absolute atomic E-state index is 13.0. The van der Waals surface area contributed by atoms with Crippen molar-refractivity contribution in [3.8, 4) is 0 Å². The Kier molecular flexibility index (Phi) is 5.82. The molecule has 0 spiro atoms. The van der Waals surface area contributed by atoms with Crippen LogP contribution < -0.4 is 11.5 Å². The van der Waals surface area contributed by atoms with Gasteiger partial charge in [0.05, 0.1) is 33.3 Å². The maximum Gasteiger partial charge on any atom is 0.417 e. The van der Waals surface area contributed by atoms with Crippen molar-refractivity contribution in [2.24, 2.45) is 11.5 Å². The van der Waals surface area contributed by atoms with Crippen molar-refractivity contribution in [1.82, 2.24) is 0 Å². The van der Waals surface area contributed by atoms with Crippen LogP contribution in [0.3, 0.4) is 0 Å². The van der Waals surface area contributed by atoms with Gasteiger partial charge >= 0.3 is 12.4 Å². The number of nitrogens with two attached hydrogens (primary N) is 2. The number of hydrogen-bond acceptors (Lipinski definition) is 2. The van der Waals surface area contributed by atoms with E-state index in [-0.39, 0.29) is 11.1 Å². The van der Waals surface area contributed by atoms with Crippen molar-refractivity contribution in [3.63, 3.8) is 0 Å². The molecule has 2 aromatic carbocycles. The van der Waals surface area contributed by atoms with Crippen LogP contribution in [-0.4, -0.2) is 0 Å². The van der Waals surface area contributed by atoms with Crippen LogP contribution in [0.5, 0.6) is 0 Å². The Morgan fingerprint density at radius 3 is 1.23 bits per heavy atom. The van der Waals surface area contributed by atoms with Crippen LogP contribution in [0.15, 0.2) is 36.4 Å². The second-order valence-corrected chi connectivity index (χ2v) is 6.22. The van der Waals surface area contributed by atoms with Gasteiger partial charge in [0, 0.05) is 0 Å². The van der Waals surface area contributed by atoms with Crippen molar-refractivity contribution in [2.45, 2.75) is 24.4 Å². The number of halogens is 8. The van der Waals surface area contributed by atoms with E-state index in [1.807, 2.05) is 0 Å². The molecule has 2 unspecified atom stereocenters. The van der Waals surface area contributed by atoms with Crippen LogP contribution >= 0.6 is 23.2 Å². The van der Waals surface area contributed by atoms with Gasteiger partial charge in [-0.25, -0.2) is 0 Å². The van der Waals surface area contributed by atoms with E-state index in [9.17, 15) is 26.3 Å². The largest absolute Gasteiger partial charge is 0.417 e. The van der Waals surface area contributed by atoms with E-state index in [1.54, 1.807) is 0 Å². The molecule has 0 saturated heterocycles. The van der Waals surface area contributed by atoms with Gasteiger partial charge in [0.25, 0.3) is 0 Å². The SMILES string of the molecule is NC(c1cccc(C(F)(F)F)c1Cl)C(N)c1cccc(C(F)(F)F)c1Cl. The Bertz CT molecular complexity index is 737. The van der Waals surface area contributed by atoms with E-state index in [0.29, 0.717) is 0 Å². The minimum absolute atomic E-state index is 0.150. The predicted octanol–water partition coefficient (Wildman–Crippen LogP) is 5.73. The van der Waals surface area contributed by atoms with Crippen molar-refractivity contribution >= 4 is 23.2 Å². The molecule has 0 amide bonds. The third-order valence-electron chi connectivity index (χ3n) is 3.77. The smallest absolute Gasteiger partial charge is 0.322 e. The average Bonchev–Trinajstić information content (AvgIpc) is 2.51. The summed E-state index contributed by atoms with van der Waals surface area (Å²) in [6, 6.07) is 3.53. The van der Waals surface area contributed by atoms with Gasteiger partial charge < -0.3 is 11.5 Å². The molecular weight excluding hydrogens is 405 g/mol. The highest BCUT2D eigenvalue weighted by Crippen LogP contribution is 2.42. The summed E-state index contributed by atoms with van der Waals surface area (Å²) in [6.07, 6.45) is -9.44. The number of hydrogen-bond donors (Lipinski definition) is 2. The maximum atomic E-state index is 13.0. The molecule has 0 aliphatic heterocycles. The first-order valence-electron chi connectivity index (χ1n) is 7.08. The lowest BCUT2D eigenvalue weighted by molar-refractivity contribution is -0.138. The molecule has 0 radical (unpaired) electrons. The first-order valence-corrected chi connectivity index (χ1v) is 7.83. The fourth-order valence-corrected chi connectivity index (χ4v) is 3.16. The van der Waals surface area contributed by atoms with Gasteiger partial charge in [-0.3, -0.25) is 0 Å². The molecule has 2 rings (SSSR count). The zero-order chi connectivity index (χ0) is 19.9. The zero-order valence-electron chi connectivity index (χ0n) is 12.8. The third-order valence-corrected chi connectivity index (χ3v) is 4.62. The summed E-state index contributed by atoms with van der Waals surface area (Å²) in [5.74, 6) is 0. The number of benzene rings is 2. The normalized spacial score (nSPS) is 15.0. The van der Waals surface area contributed by atoms with Crippen LogP contribution in [0.2, 0.25) is 10.0 Å². The summed E-state index contributed by atoms with van der Waals surface area (Å²) >= 11 is 11.6. The molecule has 4 N–H and O–H groups in total. The van der Waals surface area contributed by atoms with Crippen molar-refractivity contribution in [2.75, 3.05) is 0 Å². The molecule has 0 fully saturated rings. The Balaban J connectivity index is 2.48. The Morgan fingerprint density at radius 2 is 0.962 bits per heavy atom. The number of alkyl halides is 6. The van der Waals surface area contributed by atoms with Crippen molar-refractivity contribution < 1.29 is 26.3 Å². The zero-order valence-corrected chi connectivity index (χ0v) is 14.3. The summed E-state index contributed by atoms with van der Waals surface area (Å²) < 4.78 is 77.8. The van der Waals surface area contributed by atoms with Gasteiger partial charge in [0.1, 0.15) is 0 Å². The molecule has 10 heteroatoms. The molecule has 0 bridgehead atoms. The highest BCUT2D eigenvalue weighted by molar-refractivity contribution is 6.32. The van der Waals surface area contributed by atoms with Gasteiger partial charge in [-0.05, 0) is 23.3 Å². The van der Waals surface area contributed by atoms with E-state index in [2.05, 4.69) is 0 Å². The summed E-state index contributed by atoms with van der Waals surface area (Å²) in [7, 11) is 0. The topological polar surface area (TPSA) is 52.0 Å². The standard InChI is InChI=1S/C16H12Cl2F6N2/c17-11-7(3-1-5-9(11)15(19,20)21)13(25)14(26)8-4-2-6-10(12(8)18)16(22,23)24/h1-6,13-14H,25-26H2. The highest BCUT2D eigenvalue weighted by atomic mass is 35.5.